The minimum absolute atomic E-state index is 0.0598. The fraction of sp³-hybridized carbons (Fsp3) is 0.100. The van der Waals surface area contributed by atoms with Crippen LogP contribution in [0.4, 0.5) is 0 Å². The highest BCUT2D eigenvalue weighted by atomic mass is 32.1. The van der Waals surface area contributed by atoms with Crippen LogP contribution in [-0.4, -0.2) is 11.5 Å². The Hall–Kier alpha value is -7.40. The predicted molar refractivity (Wildman–Crippen MR) is 269 cm³/mol. The number of hydrogen-bond acceptors (Lipinski definition) is 4. The van der Waals surface area contributed by atoms with E-state index in [1.807, 2.05) is 17.4 Å². The van der Waals surface area contributed by atoms with Crippen LogP contribution in [0.5, 0.6) is 0 Å². The van der Waals surface area contributed by atoms with E-state index in [-0.39, 0.29) is 12.0 Å². The molecule has 13 rings (SSSR count). The van der Waals surface area contributed by atoms with Gasteiger partial charge in [0.05, 0.1) is 11.8 Å². The summed E-state index contributed by atoms with van der Waals surface area (Å²) in [6, 6.07) is 68.7. The molecule has 3 nitrogen and oxygen atoms in total. The first-order chi connectivity index (χ1) is 31.6. The number of thiophene rings is 1. The van der Waals surface area contributed by atoms with Crippen LogP contribution < -0.4 is 0 Å². The van der Waals surface area contributed by atoms with Crippen molar-refractivity contribution in [2.24, 2.45) is 15.9 Å². The van der Waals surface area contributed by atoms with Crippen molar-refractivity contribution in [1.82, 2.24) is 0 Å². The SMILES string of the molecule is Cc1c(C2=NC(c3ccc4sc5ccccc5c4c3)=NC(c3ccc(-c4ccccc4)cc3)[C@H]2Cc2ccc3c(c2)CCc2cc4ccccc4cc2-3)ccc2c1oc1ccccc12. The molecular weight excluding hydrogens is 797 g/mol. The van der Waals surface area contributed by atoms with Crippen LogP contribution >= 0.6 is 11.3 Å². The Balaban J connectivity index is 0.991. The van der Waals surface area contributed by atoms with Gasteiger partial charge in [0, 0.05) is 53.6 Å². The first-order valence-corrected chi connectivity index (χ1v) is 23.2. The smallest absolute Gasteiger partial charge is 0.155 e. The van der Waals surface area contributed by atoms with Crippen LogP contribution in [0.15, 0.2) is 202 Å². The van der Waals surface area contributed by atoms with Gasteiger partial charge in [0.15, 0.2) is 5.84 Å². The molecule has 304 valence electrons. The van der Waals surface area contributed by atoms with E-state index in [0.29, 0.717) is 0 Å². The van der Waals surface area contributed by atoms with Crippen LogP contribution in [0.1, 0.15) is 45.0 Å². The zero-order valence-electron chi connectivity index (χ0n) is 35.4. The van der Waals surface area contributed by atoms with Crippen molar-refractivity contribution in [2.75, 3.05) is 0 Å². The standard InChI is InChI=1S/C60H42N2OS/c1-36-46(28-29-50-48-15-7-9-17-54(48)63-59(36)50)58-53(32-37-19-27-47-43(31-37)24-25-44-33-41-13-5-6-14-42(41)34-51(44)47)57(40-22-20-39(21-23-40)38-11-3-2-4-12-38)61-60(62-58)45-26-30-56-52(35-45)49-16-8-10-18-55(49)64-56/h2-23,26-31,33-35,53,57H,24-25,32H2,1H3/t53-,57?/m1/s1. The Morgan fingerprint density at radius 1 is 0.531 bits per heavy atom. The van der Waals surface area contributed by atoms with Gasteiger partial charge >= 0.3 is 0 Å². The maximum absolute atomic E-state index is 6.66. The number of benzene rings is 9. The Morgan fingerprint density at radius 3 is 2.08 bits per heavy atom. The third kappa shape index (κ3) is 6.16. The van der Waals surface area contributed by atoms with E-state index in [1.54, 1.807) is 0 Å². The van der Waals surface area contributed by atoms with Gasteiger partial charge in [-0.05, 0) is 124 Å². The first-order valence-electron chi connectivity index (χ1n) is 22.4. The summed E-state index contributed by atoms with van der Waals surface area (Å²) in [4.78, 5) is 11.4. The molecule has 1 aliphatic heterocycles. The van der Waals surface area contributed by atoms with E-state index in [0.717, 1.165) is 69.4 Å². The second kappa shape index (κ2) is 14.9. The average molecular weight is 839 g/mol. The van der Waals surface area contributed by atoms with Crippen LogP contribution in [-0.2, 0) is 19.3 Å². The molecule has 2 aromatic heterocycles. The van der Waals surface area contributed by atoms with Crippen molar-refractivity contribution in [3.63, 3.8) is 0 Å². The summed E-state index contributed by atoms with van der Waals surface area (Å²) < 4.78 is 9.22. The molecule has 4 heteroatoms. The van der Waals surface area contributed by atoms with Gasteiger partial charge < -0.3 is 4.42 Å². The average Bonchev–Trinajstić information content (AvgIpc) is 3.93. The predicted octanol–water partition coefficient (Wildman–Crippen LogP) is 15.7. The fourth-order valence-electron chi connectivity index (χ4n) is 10.6. The lowest BCUT2D eigenvalue weighted by Crippen LogP contribution is -2.31. The van der Waals surface area contributed by atoms with Gasteiger partial charge in [-0.25, -0.2) is 4.99 Å². The van der Waals surface area contributed by atoms with Crippen LogP contribution in [0.25, 0.3) is 75.1 Å². The lowest BCUT2D eigenvalue weighted by Gasteiger charge is -2.32. The Morgan fingerprint density at radius 2 is 1.22 bits per heavy atom. The normalized spacial score (nSPS) is 16.0. The van der Waals surface area contributed by atoms with Crippen molar-refractivity contribution in [3.05, 3.63) is 227 Å². The van der Waals surface area contributed by atoms with E-state index < -0.39 is 0 Å². The number of amidine groups is 1. The minimum Gasteiger partial charge on any atom is -0.456 e. The molecule has 11 aromatic rings. The highest BCUT2D eigenvalue weighted by Gasteiger charge is 2.35. The Labute approximate surface area is 375 Å². The number of hydrogen-bond donors (Lipinski definition) is 0. The summed E-state index contributed by atoms with van der Waals surface area (Å²) in [6.07, 6.45) is 2.84. The molecule has 0 fully saturated rings. The molecule has 0 amide bonds. The van der Waals surface area contributed by atoms with Gasteiger partial charge in [0.25, 0.3) is 0 Å². The number of rotatable bonds is 6. The number of para-hydroxylation sites is 1. The molecule has 9 aromatic carbocycles. The van der Waals surface area contributed by atoms with Crippen LogP contribution in [0.3, 0.4) is 0 Å². The number of fused-ring (bicyclic) bond motifs is 10. The lowest BCUT2D eigenvalue weighted by atomic mass is 9.78. The number of furan rings is 1. The molecule has 0 saturated carbocycles. The van der Waals surface area contributed by atoms with Crippen molar-refractivity contribution < 1.29 is 4.42 Å². The molecule has 64 heavy (non-hydrogen) atoms. The van der Waals surface area contributed by atoms with E-state index >= 15 is 0 Å². The molecule has 1 aliphatic carbocycles. The van der Waals surface area contributed by atoms with Gasteiger partial charge in [-0.1, -0.05) is 146 Å². The third-order valence-corrected chi connectivity index (χ3v) is 15.0. The first kappa shape index (κ1) is 37.2. The fourth-order valence-corrected chi connectivity index (χ4v) is 11.7. The molecule has 1 unspecified atom stereocenters. The highest BCUT2D eigenvalue weighted by molar-refractivity contribution is 7.25. The van der Waals surface area contributed by atoms with Crippen LogP contribution in [0, 0.1) is 12.8 Å². The van der Waals surface area contributed by atoms with E-state index in [2.05, 4.69) is 189 Å². The summed E-state index contributed by atoms with van der Waals surface area (Å²) >= 11 is 1.84. The molecule has 0 saturated heterocycles. The van der Waals surface area contributed by atoms with Gasteiger partial charge in [-0.3, -0.25) is 4.99 Å². The van der Waals surface area contributed by atoms with Crippen molar-refractivity contribution in [3.8, 4) is 22.3 Å². The second-order valence-corrected chi connectivity index (χ2v) is 18.6. The minimum atomic E-state index is -0.198. The maximum atomic E-state index is 6.66. The van der Waals surface area contributed by atoms with Gasteiger partial charge in [-0.15, -0.1) is 11.3 Å². The largest absolute Gasteiger partial charge is 0.456 e. The number of nitrogens with zero attached hydrogens (tertiary/aromatic N) is 2. The Bertz CT molecular complexity index is 3720. The second-order valence-electron chi connectivity index (χ2n) is 17.6. The molecular formula is C60H42N2OS. The molecule has 0 radical (unpaired) electrons. The number of aliphatic imine (C=N–C) groups is 2. The van der Waals surface area contributed by atoms with Crippen molar-refractivity contribution >= 4 is 75.8 Å². The molecule has 3 heterocycles. The zero-order chi connectivity index (χ0) is 42.3. The zero-order valence-corrected chi connectivity index (χ0v) is 36.2. The van der Waals surface area contributed by atoms with Gasteiger partial charge in [0.2, 0.25) is 0 Å². The van der Waals surface area contributed by atoms with Crippen LogP contribution in [0.2, 0.25) is 0 Å². The maximum Gasteiger partial charge on any atom is 0.155 e. The summed E-state index contributed by atoms with van der Waals surface area (Å²) in [7, 11) is 0. The Kier molecular flexibility index (Phi) is 8.64. The molecule has 0 N–H and O–H groups in total. The summed E-state index contributed by atoms with van der Waals surface area (Å²) in [5.41, 5.74) is 16.5. The van der Waals surface area contributed by atoms with Gasteiger partial charge in [-0.2, -0.15) is 0 Å². The molecule has 0 spiro atoms. The third-order valence-electron chi connectivity index (χ3n) is 13.8. The molecule has 2 aliphatic rings. The summed E-state index contributed by atoms with van der Waals surface area (Å²) in [5, 5.41) is 7.38. The van der Waals surface area contributed by atoms with Crippen molar-refractivity contribution in [2.45, 2.75) is 32.2 Å². The lowest BCUT2D eigenvalue weighted by molar-refractivity contribution is 0.544. The molecule has 2 atom stereocenters. The topological polar surface area (TPSA) is 37.9 Å². The summed E-state index contributed by atoms with van der Waals surface area (Å²) in [6.45, 7) is 2.21. The highest BCUT2D eigenvalue weighted by Crippen LogP contribution is 2.43. The van der Waals surface area contributed by atoms with Gasteiger partial charge in [0.1, 0.15) is 11.2 Å². The quantitative estimate of drug-likeness (QED) is 0.164. The summed E-state index contributed by atoms with van der Waals surface area (Å²) in [5.74, 6) is 0.703. The monoisotopic (exact) mass is 838 g/mol. The molecule has 0 bridgehead atoms. The van der Waals surface area contributed by atoms with E-state index in [4.69, 9.17) is 14.4 Å². The number of aryl methyl sites for hydroxylation is 3. The van der Waals surface area contributed by atoms with Crippen molar-refractivity contribution in [1.29, 1.82) is 0 Å². The van der Waals surface area contributed by atoms with E-state index in [9.17, 15) is 0 Å². The van der Waals surface area contributed by atoms with E-state index in [1.165, 1.54) is 75.5 Å².